The van der Waals surface area contributed by atoms with Crippen LogP contribution < -0.4 is 4.74 Å². The molecule has 7 heteroatoms. The summed E-state index contributed by atoms with van der Waals surface area (Å²) in [7, 11) is 0. The van der Waals surface area contributed by atoms with Gasteiger partial charge in [0.2, 0.25) is 0 Å². The van der Waals surface area contributed by atoms with Crippen LogP contribution in [0.2, 0.25) is 10.0 Å². The Morgan fingerprint density at radius 2 is 1.71 bits per heavy atom. The molecule has 0 N–H and O–H groups in total. The monoisotopic (exact) mass is 434 g/mol. The van der Waals surface area contributed by atoms with E-state index in [1.54, 1.807) is 36.4 Å². The Morgan fingerprint density at radius 3 is 2.36 bits per heavy atom. The first-order valence-corrected chi connectivity index (χ1v) is 10.5. The van der Waals surface area contributed by atoms with E-state index in [0.29, 0.717) is 35.3 Å². The maximum atomic E-state index is 12.8. The summed E-state index contributed by atoms with van der Waals surface area (Å²) in [6.07, 6.45) is 0.871. The lowest BCUT2D eigenvalue weighted by molar-refractivity contribution is 0.0741. The topological polar surface area (TPSA) is 42.4 Å². The fraction of sp³-hybridized carbons (Fsp3) is 0.238. The standard InChI is InChI=1S/C21H20Cl2N2O2S/c1-2-11-25(21(26)15-3-5-16(22)6-4-15)12-18-14-28-20(24-18)13-27-19-9-7-17(23)8-10-19/h3-10,14H,2,11-13H2,1H3. The Hall–Kier alpha value is -2.08. The van der Waals surface area contributed by atoms with E-state index in [9.17, 15) is 4.79 Å². The van der Waals surface area contributed by atoms with Gasteiger partial charge >= 0.3 is 0 Å². The number of ether oxygens (including phenoxy) is 1. The third-order valence-corrected chi connectivity index (χ3v) is 5.38. The SMILES string of the molecule is CCCN(Cc1csc(COc2ccc(Cl)cc2)n1)C(=O)c1ccc(Cl)cc1. The number of rotatable bonds is 8. The van der Waals surface area contributed by atoms with Gasteiger partial charge in [0.25, 0.3) is 5.91 Å². The maximum Gasteiger partial charge on any atom is 0.254 e. The van der Waals surface area contributed by atoms with Gasteiger partial charge in [-0.2, -0.15) is 0 Å². The molecular formula is C21H20Cl2N2O2S. The number of halogens is 2. The summed E-state index contributed by atoms with van der Waals surface area (Å²) < 4.78 is 5.74. The van der Waals surface area contributed by atoms with Gasteiger partial charge in [-0.15, -0.1) is 11.3 Å². The van der Waals surface area contributed by atoms with Crippen molar-refractivity contribution < 1.29 is 9.53 Å². The van der Waals surface area contributed by atoms with Gasteiger partial charge in [0.15, 0.2) is 0 Å². The van der Waals surface area contributed by atoms with Crippen molar-refractivity contribution in [1.82, 2.24) is 9.88 Å². The number of amides is 1. The molecule has 0 radical (unpaired) electrons. The minimum absolute atomic E-state index is 0.0227. The molecule has 3 aromatic rings. The highest BCUT2D eigenvalue weighted by Crippen LogP contribution is 2.19. The van der Waals surface area contributed by atoms with Gasteiger partial charge in [-0.05, 0) is 55.0 Å². The number of carbonyl (C=O) groups is 1. The van der Waals surface area contributed by atoms with Crippen molar-refractivity contribution in [2.24, 2.45) is 0 Å². The van der Waals surface area contributed by atoms with Crippen LogP contribution in [0.4, 0.5) is 0 Å². The number of hydrogen-bond acceptors (Lipinski definition) is 4. The van der Waals surface area contributed by atoms with Crippen LogP contribution in [-0.2, 0) is 13.2 Å². The zero-order valence-corrected chi connectivity index (χ0v) is 17.7. The summed E-state index contributed by atoms with van der Waals surface area (Å²) >= 11 is 13.3. The molecule has 28 heavy (non-hydrogen) atoms. The Morgan fingerprint density at radius 1 is 1.07 bits per heavy atom. The third kappa shape index (κ3) is 5.71. The average molecular weight is 435 g/mol. The van der Waals surface area contributed by atoms with Crippen LogP contribution in [0.15, 0.2) is 53.9 Å². The number of benzene rings is 2. The first-order valence-electron chi connectivity index (χ1n) is 8.91. The van der Waals surface area contributed by atoms with Gasteiger partial charge in [-0.3, -0.25) is 4.79 Å². The van der Waals surface area contributed by atoms with Crippen molar-refractivity contribution in [1.29, 1.82) is 0 Å². The van der Waals surface area contributed by atoms with Crippen molar-refractivity contribution in [3.8, 4) is 5.75 Å². The molecular weight excluding hydrogens is 415 g/mol. The summed E-state index contributed by atoms with van der Waals surface area (Å²) in [5.74, 6) is 0.720. The van der Waals surface area contributed by atoms with Crippen molar-refractivity contribution in [2.45, 2.75) is 26.5 Å². The molecule has 1 heterocycles. The maximum absolute atomic E-state index is 12.8. The summed E-state index contributed by atoms with van der Waals surface area (Å²) in [6, 6.07) is 14.2. The summed E-state index contributed by atoms with van der Waals surface area (Å²) in [5, 5.41) is 4.12. The molecule has 1 aromatic heterocycles. The minimum atomic E-state index is -0.0227. The van der Waals surface area contributed by atoms with Crippen LogP contribution in [-0.4, -0.2) is 22.3 Å². The number of aromatic nitrogens is 1. The fourth-order valence-corrected chi connectivity index (χ4v) is 3.60. The molecule has 0 spiro atoms. The zero-order chi connectivity index (χ0) is 19.9. The second kappa shape index (κ2) is 9.92. The van der Waals surface area contributed by atoms with Crippen molar-refractivity contribution in [2.75, 3.05) is 6.54 Å². The van der Waals surface area contributed by atoms with Crippen molar-refractivity contribution in [3.63, 3.8) is 0 Å². The predicted molar refractivity (Wildman–Crippen MR) is 114 cm³/mol. The van der Waals surface area contributed by atoms with Gasteiger partial charge in [-0.1, -0.05) is 30.1 Å². The lowest BCUT2D eigenvalue weighted by atomic mass is 10.2. The molecule has 0 fully saturated rings. The van der Waals surface area contributed by atoms with Gasteiger partial charge in [0.05, 0.1) is 12.2 Å². The van der Waals surface area contributed by atoms with Gasteiger partial charge in [0, 0.05) is 27.5 Å². The third-order valence-electron chi connectivity index (χ3n) is 4.00. The van der Waals surface area contributed by atoms with E-state index in [1.165, 1.54) is 11.3 Å². The highest BCUT2D eigenvalue weighted by molar-refractivity contribution is 7.09. The molecule has 4 nitrogen and oxygen atoms in total. The molecule has 0 aliphatic rings. The first-order chi connectivity index (χ1) is 13.5. The fourth-order valence-electron chi connectivity index (χ4n) is 2.66. The van der Waals surface area contributed by atoms with E-state index in [-0.39, 0.29) is 5.91 Å². The molecule has 0 unspecified atom stereocenters. The van der Waals surface area contributed by atoms with E-state index >= 15 is 0 Å². The predicted octanol–water partition coefficient (Wildman–Crippen LogP) is 6.08. The second-order valence-corrected chi connectivity index (χ2v) is 8.02. The van der Waals surface area contributed by atoms with Crippen LogP contribution in [0.1, 0.15) is 34.4 Å². The molecule has 0 saturated carbocycles. The van der Waals surface area contributed by atoms with Crippen molar-refractivity contribution >= 4 is 40.4 Å². The van der Waals surface area contributed by atoms with E-state index < -0.39 is 0 Å². The average Bonchev–Trinajstić information content (AvgIpc) is 3.15. The molecule has 0 bridgehead atoms. The van der Waals surface area contributed by atoms with Crippen LogP contribution in [0.25, 0.3) is 0 Å². The minimum Gasteiger partial charge on any atom is -0.486 e. The van der Waals surface area contributed by atoms with Crippen LogP contribution >= 0.6 is 34.5 Å². The number of carbonyl (C=O) groups excluding carboxylic acids is 1. The molecule has 146 valence electrons. The number of hydrogen-bond donors (Lipinski definition) is 0. The van der Waals surface area contributed by atoms with E-state index in [4.69, 9.17) is 27.9 Å². The molecule has 0 aliphatic heterocycles. The normalized spacial score (nSPS) is 10.7. The summed E-state index contributed by atoms with van der Waals surface area (Å²) in [6.45, 7) is 3.56. The van der Waals surface area contributed by atoms with Crippen LogP contribution in [0.5, 0.6) is 5.75 Å². The summed E-state index contributed by atoms with van der Waals surface area (Å²) in [5.41, 5.74) is 1.48. The largest absolute Gasteiger partial charge is 0.486 e. The van der Waals surface area contributed by atoms with Crippen LogP contribution in [0, 0.1) is 0 Å². The molecule has 0 saturated heterocycles. The lowest BCUT2D eigenvalue weighted by Crippen LogP contribution is -2.31. The Bertz CT molecular complexity index is 911. The van der Waals surface area contributed by atoms with Gasteiger partial charge in [-0.25, -0.2) is 4.98 Å². The van der Waals surface area contributed by atoms with E-state index in [0.717, 1.165) is 22.9 Å². The first kappa shape index (κ1) is 20.6. The van der Waals surface area contributed by atoms with Gasteiger partial charge in [0.1, 0.15) is 17.4 Å². The van der Waals surface area contributed by atoms with Crippen LogP contribution in [0.3, 0.4) is 0 Å². The Kier molecular flexibility index (Phi) is 7.31. The molecule has 2 aromatic carbocycles. The second-order valence-electron chi connectivity index (χ2n) is 6.21. The zero-order valence-electron chi connectivity index (χ0n) is 15.4. The van der Waals surface area contributed by atoms with E-state index in [1.807, 2.05) is 22.4 Å². The smallest absolute Gasteiger partial charge is 0.254 e. The highest BCUT2D eigenvalue weighted by atomic mass is 35.5. The molecule has 1 amide bonds. The molecule has 0 atom stereocenters. The van der Waals surface area contributed by atoms with Gasteiger partial charge < -0.3 is 9.64 Å². The number of nitrogens with zero attached hydrogens (tertiary/aromatic N) is 2. The summed E-state index contributed by atoms with van der Waals surface area (Å²) in [4.78, 5) is 19.2. The highest BCUT2D eigenvalue weighted by Gasteiger charge is 2.17. The van der Waals surface area contributed by atoms with Crippen molar-refractivity contribution in [3.05, 3.63) is 80.2 Å². The number of thiazole rings is 1. The Labute approximate surface area is 178 Å². The van der Waals surface area contributed by atoms with E-state index in [2.05, 4.69) is 11.9 Å². The molecule has 3 rings (SSSR count). The Balaban J connectivity index is 1.62. The molecule has 0 aliphatic carbocycles. The lowest BCUT2D eigenvalue weighted by Gasteiger charge is -2.21. The quantitative estimate of drug-likeness (QED) is 0.431.